The number of hydrogen-bond donors (Lipinski definition) is 1. The van der Waals surface area contributed by atoms with Crippen molar-refractivity contribution >= 4 is 0 Å². The summed E-state index contributed by atoms with van der Waals surface area (Å²) in [4.78, 5) is 6.96. The Labute approximate surface area is 132 Å². The van der Waals surface area contributed by atoms with Crippen molar-refractivity contribution in [2.45, 2.75) is 32.9 Å². The van der Waals surface area contributed by atoms with Gasteiger partial charge in [-0.25, -0.2) is 4.98 Å². The Balaban J connectivity index is 1.67. The van der Waals surface area contributed by atoms with Crippen molar-refractivity contribution in [1.82, 2.24) is 14.5 Å². The van der Waals surface area contributed by atoms with Crippen LogP contribution < -0.4 is 0 Å². The van der Waals surface area contributed by atoms with Crippen LogP contribution in [0, 0.1) is 5.41 Å². The Hall–Kier alpha value is -1.65. The molecule has 1 fully saturated rings. The highest BCUT2D eigenvalue weighted by molar-refractivity contribution is 5.15. The predicted molar refractivity (Wildman–Crippen MR) is 87.5 cm³/mol. The molecule has 0 aliphatic carbocycles. The molecule has 1 aromatic heterocycles. The molecule has 3 rings (SSSR count). The lowest BCUT2D eigenvalue weighted by atomic mass is 9.83. The van der Waals surface area contributed by atoms with E-state index in [1.165, 1.54) is 5.56 Å². The van der Waals surface area contributed by atoms with Gasteiger partial charge in [-0.05, 0) is 24.9 Å². The quantitative estimate of drug-likeness (QED) is 0.922. The van der Waals surface area contributed by atoms with E-state index in [-0.39, 0.29) is 12.0 Å². The molecule has 4 nitrogen and oxygen atoms in total. The standard InChI is InChI=1S/C18H25N3O/c1-18(15-22)8-5-10-20(14-18)13-17-19-9-11-21(17)12-16-6-3-2-4-7-16/h2-4,6-7,9,11,22H,5,8,10,12-15H2,1H3. The average Bonchev–Trinajstić information content (AvgIpc) is 2.95. The molecule has 1 unspecified atom stereocenters. The summed E-state index contributed by atoms with van der Waals surface area (Å²) in [6, 6.07) is 10.5. The zero-order valence-electron chi connectivity index (χ0n) is 13.3. The van der Waals surface area contributed by atoms with Crippen LogP contribution in [0.1, 0.15) is 31.2 Å². The fourth-order valence-corrected chi connectivity index (χ4v) is 3.31. The third-order valence-electron chi connectivity index (χ3n) is 4.60. The zero-order valence-corrected chi connectivity index (χ0v) is 13.3. The molecule has 1 aromatic carbocycles. The number of aliphatic hydroxyl groups excluding tert-OH is 1. The number of benzene rings is 1. The molecular weight excluding hydrogens is 274 g/mol. The second-order valence-electron chi connectivity index (χ2n) is 6.74. The van der Waals surface area contributed by atoms with E-state index < -0.39 is 0 Å². The topological polar surface area (TPSA) is 41.3 Å². The minimum atomic E-state index is 0.0368. The summed E-state index contributed by atoms with van der Waals surface area (Å²) in [5, 5.41) is 9.60. The summed E-state index contributed by atoms with van der Waals surface area (Å²) in [5.74, 6) is 1.10. The van der Waals surface area contributed by atoms with E-state index in [2.05, 4.69) is 51.8 Å². The third kappa shape index (κ3) is 3.57. The first-order valence-electron chi connectivity index (χ1n) is 8.06. The van der Waals surface area contributed by atoms with Crippen molar-refractivity contribution in [1.29, 1.82) is 0 Å². The molecule has 0 amide bonds. The number of aromatic nitrogens is 2. The number of imidazole rings is 1. The van der Waals surface area contributed by atoms with Gasteiger partial charge in [-0.3, -0.25) is 4.90 Å². The molecule has 1 aliphatic heterocycles. The molecule has 1 saturated heterocycles. The maximum atomic E-state index is 9.60. The summed E-state index contributed by atoms with van der Waals surface area (Å²) < 4.78 is 2.22. The fraction of sp³-hybridized carbons (Fsp3) is 0.500. The van der Waals surface area contributed by atoms with Crippen LogP contribution in [-0.4, -0.2) is 39.3 Å². The minimum absolute atomic E-state index is 0.0368. The Morgan fingerprint density at radius 3 is 2.82 bits per heavy atom. The van der Waals surface area contributed by atoms with Crippen molar-refractivity contribution < 1.29 is 5.11 Å². The van der Waals surface area contributed by atoms with Crippen LogP contribution in [0.25, 0.3) is 0 Å². The smallest absolute Gasteiger partial charge is 0.123 e. The number of nitrogens with zero attached hydrogens (tertiary/aromatic N) is 3. The highest BCUT2D eigenvalue weighted by Gasteiger charge is 2.30. The van der Waals surface area contributed by atoms with Crippen molar-refractivity contribution in [2.24, 2.45) is 5.41 Å². The Bertz CT molecular complexity index is 595. The summed E-state index contributed by atoms with van der Waals surface area (Å²) in [7, 11) is 0. The monoisotopic (exact) mass is 299 g/mol. The van der Waals surface area contributed by atoms with Gasteiger partial charge in [-0.15, -0.1) is 0 Å². The molecule has 118 valence electrons. The summed E-state index contributed by atoms with van der Waals surface area (Å²) in [6.07, 6.45) is 6.19. The molecule has 0 bridgehead atoms. The normalized spacial score (nSPS) is 22.8. The van der Waals surface area contributed by atoms with Crippen LogP contribution >= 0.6 is 0 Å². The van der Waals surface area contributed by atoms with E-state index >= 15 is 0 Å². The van der Waals surface area contributed by atoms with Crippen molar-refractivity contribution in [3.8, 4) is 0 Å². The molecule has 1 N–H and O–H groups in total. The van der Waals surface area contributed by atoms with E-state index in [0.29, 0.717) is 0 Å². The van der Waals surface area contributed by atoms with Crippen LogP contribution in [0.2, 0.25) is 0 Å². The lowest BCUT2D eigenvalue weighted by molar-refractivity contribution is 0.0413. The van der Waals surface area contributed by atoms with Crippen LogP contribution in [0.5, 0.6) is 0 Å². The average molecular weight is 299 g/mol. The SMILES string of the molecule is CC1(CO)CCCN(Cc2nccn2Cc2ccccc2)C1. The van der Waals surface area contributed by atoms with Crippen LogP contribution in [0.3, 0.4) is 0 Å². The van der Waals surface area contributed by atoms with Crippen LogP contribution in [0.15, 0.2) is 42.7 Å². The van der Waals surface area contributed by atoms with Gasteiger partial charge in [0.05, 0.1) is 6.54 Å². The van der Waals surface area contributed by atoms with Gasteiger partial charge in [0.25, 0.3) is 0 Å². The maximum Gasteiger partial charge on any atom is 0.123 e. The van der Waals surface area contributed by atoms with Gasteiger partial charge in [-0.1, -0.05) is 37.3 Å². The molecule has 2 heterocycles. The molecule has 22 heavy (non-hydrogen) atoms. The van der Waals surface area contributed by atoms with Gasteiger partial charge in [0.1, 0.15) is 5.82 Å². The van der Waals surface area contributed by atoms with Gasteiger partial charge in [0.15, 0.2) is 0 Å². The predicted octanol–water partition coefficient (Wildman–Crippen LogP) is 2.53. The third-order valence-corrected chi connectivity index (χ3v) is 4.60. The van der Waals surface area contributed by atoms with E-state index in [1.54, 1.807) is 0 Å². The van der Waals surface area contributed by atoms with Gasteiger partial charge in [0.2, 0.25) is 0 Å². The van der Waals surface area contributed by atoms with E-state index in [0.717, 1.165) is 44.8 Å². The lowest BCUT2D eigenvalue weighted by Crippen LogP contribution is -2.43. The first-order valence-corrected chi connectivity index (χ1v) is 8.06. The highest BCUT2D eigenvalue weighted by Crippen LogP contribution is 2.29. The van der Waals surface area contributed by atoms with Gasteiger partial charge < -0.3 is 9.67 Å². The maximum absolute atomic E-state index is 9.60. The Morgan fingerprint density at radius 1 is 1.23 bits per heavy atom. The van der Waals surface area contributed by atoms with Crippen molar-refractivity contribution in [3.05, 3.63) is 54.1 Å². The number of piperidine rings is 1. The second-order valence-corrected chi connectivity index (χ2v) is 6.74. The summed E-state index contributed by atoms with van der Waals surface area (Å²) in [5.41, 5.74) is 1.33. The molecule has 1 atom stereocenters. The zero-order chi connectivity index (χ0) is 15.4. The minimum Gasteiger partial charge on any atom is -0.396 e. The number of likely N-dealkylation sites (tertiary alicyclic amines) is 1. The van der Waals surface area contributed by atoms with Crippen molar-refractivity contribution in [3.63, 3.8) is 0 Å². The number of hydrogen-bond acceptors (Lipinski definition) is 3. The van der Waals surface area contributed by atoms with E-state index in [1.807, 2.05) is 12.3 Å². The highest BCUT2D eigenvalue weighted by atomic mass is 16.3. The number of rotatable bonds is 5. The summed E-state index contributed by atoms with van der Waals surface area (Å²) >= 11 is 0. The molecular formula is C18H25N3O. The van der Waals surface area contributed by atoms with Crippen LogP contribution in [-0.2, 0) is 13.1 Å². The van der Waals surface area contributed by atoms with Gasteiger partial charge >= 0.3 is 0 Å². The second kappa shape index (κ2) is 6.63. The first kappa shape index (κ1) is 15.3. The molecule has 0 radical (unpaired) electrons. The Morgan fingerprint density at radius 2 is 2.05 bits per heavy atom. The first-order chi connectivity index (χ1) is 10.7. The van der Waals surface area contributed by atoms with Crippen LogP contribution in [0.4, 0.5) is 0 Å². The van der Waals surface area contributed by atoms with Crippen molar-refractivity contribution in [2.75, 3.05) is 19.7 Å². The Kier molecular flexibility index (Phi) is 4.60. The van der Waals surface area contributed by atoms with Gasteiger partial charge in [-0.2, -0.15) is 0 Å². The molecule has 1 aliphatic rings. The van der Waals surface area contributed by atoms with E-state index in [9.17, 15) is 5.11 Å². The fourth-order valence-electron chi connectivity index (χ4n) is 3.31. The molecule has 2 aromatic rings. The number of aliphatic hydroxyl groups is 1. The van der Waals surface area contributed by atoms with E-state index in [4.69, 9.17) is 0 Å². The largest absolute Gasteiger partial charge is 0.396 e. The molecule has 0 spiro atoms. The molecule has 0 saturated carbocycles. The molecule has 4 heteroatoms. The summed E-state index contributed by atoms with van der Waals surface area (Å²) in [6.45, 7) is 6.20. The lowest BCUT2D eigenvalue weighted by Gasteiger charge is -2.39. The van der Waals surface area contributed by atoms with Gasteiger partial charge in [0, 0.05) is 37.5 Å².